The highest BCUT2D eigenvalue weighted by Gasteiger charge is 2.29. The van der Waals surface area contributed by atoms with Gasteiger partial charge in [-0.2, -0.15) is 0 Å². The summed E-state index contributed by atoms with van der Waals surface area (Å²) in [7, 11) is 3.77. The second-order valence-corrected chi connectivity index (χ2v) is 7.06. The molecule has 5 heteroatoms. The van der Waals surface area contributed by atoms with Crippen LogP contribution in [-0.4, -0.2) is 49.5 Å². The summed E-state index contributed by atoms with van der Waals surface area (Å²) in [5.74, 6) is 0.819. The average molecular weight is 370 g/mol. The van der Waals surface area contributed by atoms with Crippen molar-refractivity contribution in [1.29, 1.82) is 0 Å². The molecule has 0 spiro atoms. The summed E-state index contributed by atoms with van der Waals surface area (Å²) in [6.07, 6.45) is 2.07. The van der Waals surface area contributed by atoms with E-state index in [1.54, 1.807) is 19.2 Å². The van der Waals surface area contributed by atoms with E-state index < -0.39 is 0 Å². The molecule has 0 aliphatic carbocycles. The fourth-order valence-electron chi connectivity index (χ4n) is 3.63. The molecule has 0 saturated carbocycles. The van der Waals surface area contributed by atoms with Crippen LogP contribution < -0.4 is 4.74 Å². The standard InChI is InChI=1S/C22H27FN2O2/c1-24-14-15-25(16-20(24)19-7-3-4-8-21(19)27-2)22(26)9-5-6-17-10-12-18(23)13-11-17/h3-4,7-8,10-13,20H,5-6,9,14-16H2,1-2H3. The van der Waals surface area contributed by atoms with Gasteiger partial charge < -0.3 is 9.64 Å². The van der Waals surface area contributed by atoms with Crippen molar-refractivity contribution in [2.24, 2.45) is 0 Å². The summed E-state index contributed by atoms with van der Waals surface area (Å²) >= 11 is 0. The number of halogens is 1. The van der Waals surface area contributed by atoms with Gasteiger partial charge in [0.15, 0.2) is 0 Å². The number of aryl methyl sites for hydroxylation is 1. The van der Waals surface area contributed by atoms with Crippen LogP contribution >= 0.6 is 0 Å². The number of rotatable bonds is 6. The summed E-state index contributed by atoms with van der Waals surface area (Å²) in [4.78, 5) is 16.9. The fraction of sp³-hybridized carbons (Fsp3) is 0.409. The van der Waals surface area contributed by atoms with Crippen LogP contribution in [0.4, 0.5) is 4.39 Å². The zero-order valence-electron chi connectivity index (χ0n) is 16.0. The Morgan fingerprint density at radius 3 is 2.63 bits per heavy atom. The predicted molar refractivity (Wildman–Crippen MR) is 104 cm³/mol. The first-order chi connectivity index (χ1) is 13.1. The van der Waals surface area contributed by atoms with Gasteiger partial charge in [-0.1, -0.05) is 30.3 Å². The number of hydrogen-bond acceptors (Lipinski definition) is 3. The molecule has 1 aliphatic rings. The lowest BCUT2D eigenvalue weighted by Gasteiger charge is -2.40. The molecule has 144 valence electrons. The summed E-state index contributed by atoms with van der Waals surface area (Å²) in [5.41, 5.74) is 2.18. The van der Waals surface area contributed by atoms with Crippen molar-refractivity contribution in [3.63, 3.8) is 0 Å². The van der Waals surface area contributed by atoms with Crippen molar-refractivity contribution >= 4 is 5.91 Å². The summed E-state index contributed by atoms with van der Waals surface area (Å²) < 4.78 is 18.5. The van der Waals surface area contributed by atoms with E-state index in [-0.39, 0.29) is 17.8 Å². The topological polar surface area (TPSA) is 32.8 Å². The van der Waals surface area contributed by atoms with E-state index in [0.29, 0.717) is 13.0 Å². The van der Waals surface area contributed by atoms with Crippen LogP contribution in [-0.2, 0) is 11.2 Å². The molecule has 1 amide bonds. The maximum absolute atomic E-state index is 13.0. The average Bonchev–Trinajstić information content (AvgIpc) is 2.69. The minimum Gasteiger partial charge on any atom is -0.496 e. The van der Waals surface area contributed by atoms with E-state index in [0.717, 1.165) is 42.8 Å². The maximum atomic E-state index is 13.0. The lowest BCUT2D eigenvalue weighted by atomic mass is 10.0. The molecule has 1 saturated heterocycles. The van der Waals surface area contributed by atoms with Gasteiger partial charge in [0.25, 0.3) is 0 Å². The van der Waals surface area contributed by atoms with Gasteiger partial charge in [0.05, 0.1) is 13.2 Å². The molecule has 1 heterocycles. The number of carbonyl (C=O) groups excluding carboxylic acids is 1. The zero-order chi connectivity index (χ0) is 19.2. The van der Waals surface area contributed by atoms with E-state index in [2.05, 4.69) is 18.0 Å². The molecular formula is C22H27FN2O2. The lowest BCUT2D eigenvalue weighted by Crippen LogP contribution is -2.49. The number of nitrogens with zero attached hydrogens (tertiary/aromatic N) is 2. The smallest absolute Gasteiger partial charge is 0.222 e. The van der Waals surface area contributed by atoms with Crippen LogP contribution in [0.1, 0.15) is 30.0 Å². The van der Waals surface area contributed by atoms with Crippen LogP contribution in [0.5, 0.6) is 5.75 Å². The molecule has 0 bridgehead atoms. The van der Waals surface area contributed by atoms with E-state index >= 15 is 0 Å². The minimum atomic E-state index is -0.227. The Morgan fingerprint density at radius 1 is 1.15 bits per heavy atom. The van der Waals surface area contributed by atoms with Crippen molar-refractivity contribution in [1.82, 2.24) is 9.80 Å². The largest absolute Gasteiger partial charge is 0.496 e. The van der Waals surface area contributed by atoms with Crippen LogP contribution in [0.2, 0.25) is 0 Å². The number of para-hydroxylation sites is 1. The Kier molecular flexibility index (Phi) is 6.45. The van der Waals surface area contributed by atoms with E-state index in [1.807, 2.05) is 23.1 Å². The molecule has 2 aromatic rings. The van der Waals surface area contributed by atoms with Gasteiger partial charge in [-0.05, 0) is 43.7 Å². The van der Waals surface area contributed by atoms with E-state index in [4.69, 9.17) is 4.74 Å². The van der Waals surface area contributed by atoms with Crippen molar-refractivity contribution in [3.05, 3.63) is 65.5 Å². The van der Waals surface area contributed by atoms with Crippen molar-refractivity contribution < 1.29 is 13.9 Å². The predicted octanol–water partition coefficient (Wildman–Crippen LogP) is 3.67. The number of likely N-dealkylation sites (N-methyl/N-ethyl adjacent to an activating group) is 1. The molecule has 3 rings (SSSR count). The molecule has 0 radical (unpaired) electrons. The summed E-state index contributed by atoms with van der Waals surface area (Å²) in [6, 6.07) is 14.6. The summed E-state index contributed by atoms with van der Waals surface area (Å²) in [6.45, 7) is 2.26. The van der Waals surface area contributed by atoms with Crippen molar-refractivity contribution in [2.45, 2.75) is 25.3 Å². The van der Waals surface area contributed by atoms with Crippen LogP contribution in [0.25, 0.3) is 0 Å². The number of carbonyl (C=O) groups is 1. The zero-order valence-corrected chi connectivity index (χ0v) is 16.0. The molecule has 0 N–H and O–H groups in total. The van der Waals surface area contributed by atoms with Gasteiger partial charge >= 0.3 is 0 Å². The number of benzene rings is 2. The molecule has 1 aliphatic heterocycles. The third kappa shape index (κ3) is 4.86. The Hall–Kier alpha value is -2.40. The first-order valence-corrected chi connectivity index (χ1v) is 9.44. The molecule has 2 aromatic carbocycles. The normalized spacial score (nSPS) is 17.7. The Bertz CT molecular complexity index is 763. The monoisotopic (exact) mass is 370 g/mol. The van der Waals surface area contributed by atoms with Crippen LogP contribution in [0, 0.1) is 5.82 Å². The van der Waals surface area contributed by atoms with Crippen molar-refractivity contribution in [3.8, 4) is 5.75 Å². The van der Waals surface area contributed by atoms with Crippen LogP contribution in [0.15, 0.2) is 48.5 Å². The Balaban J connectivity index is 1.58. The molecule has 1 atom stereocenters. The molecule has 0 aromatic heterocycles. The summed E-state index contributed by atoms with van der Waals surface area (Å²) in [5, 5.41) is 0. The van der Waals surface area contributed by atoms with Crippen LogP contribution in [0.3, 0.4) is 0 Å². The Morgan fingerprint density at radius 2 is 1.89 bits per heavy atom. The number of hydrogen-bond donors (Lipinski definition) is 0. The minimum absolute atomic E-state index is 0.135. The van der Waals surface area contributed by atoms with Gasteiger partial charge in [0.1, 0.15) is 11.6 Å². The SMILES string of the molecule is COc1ccccc1C1CN(C(=O)CCCc2ccc(F)cc2)CCN1C. The lowest BCUT2D eigenvalue weighted by molar-refractivity contribution is -0.134. The molecule has 4 nitrogen and oxygen atoms in total. The van der Waals surface area contributed by atoms with Gasteiger partial charge in [0, 0.05) is 31.6 Å². The molecular weight excluding hydrogens is 343 g/mol. The second-order valence-electron chi connectivity index (χ2n) is 7.06. The van der Waals surface area contributed by atoms with Gasteiger partial charge in [-0.3, -0.25) is 9.69 Å². The highest BCUT2D eigenvalue weighted by Crippen LogP contribution is 2.31. The highest BCUT2D eigenvalue weighted by atomic mass is 19.1. The van der Waals surface area contributed by atoms with E-state index in [1.165, 1.54) is 12.1 Å². The van der Waals surface area contributed by atoms with Gasteiger partial charge in [0.2, 0.25) is 5.91 Å². The van der Waals surface area contributed by atoms with Gasteiger partial charge in [-0.25, -0.2) is 4.39 Å². The first kappa shape index (κ1) is 19.4. The molecule has 1 fully saturated rings. The highest BCUT2D eigenvalue weighted by molar-refractivity contribution is 5.76. The second kappa shape index (κ2) is 9.00. The Labute approximate surface area is 160 Å². The third-order valence-electron chi connectivity index (χ3n) is 5.27. The number of ether oxygens (including phenoxy) is 1. The van der Waals surface area contributed by atoms with Gasteiger partial charge in [-0.15, -0.1) is 0 Å². The fourth-order valence-corrected chi connectivity index (χ4v) is 3.63. The van der Waals surface area contributed by atoms with E-state index in [9.17, 15) is 9.18 Å². The quantitative estimate of drug-likeness (QED) is 0.778. The number of methoxy groups -OCH3 is 1. The third-order valence-corrected chi connectivity index (χ3v) is 5.27. The maximum Gasteiger partial charge on any atom is 0.222 e. The van der Waals surface area contributed by atoms with Crippen molar-refractivity contribution in [2.75, 3.05) is 33.8 Å². The number of amides is 1. The molecule has 1 unspecified atom stereocenters. The number of piperazine rings is 1. The first-order valence-electron chi connectivity index (χ1n) is 9.44. The molecule has 27 heavy (non-hydrogen) atoms.